The maximum Gasteiger partial charge on any atom is 0.337 e. The van der Waals surface area contributed by atoms with Gasteiger partial charge in [0.15, 0.2) is 0 Å². The molecule has 2 aromatic carbocycles. The Bertz CT molecular complexity index is 1370. The van der Waals surface area contributed by atoms with E-state index < -0.39 is 0 Å². The fraction of sp³-hybridized carbons (Fsp3) is 0.276. The van der Waals surface area contributed by atoms with Crippen LogP contribution in [-0.2, 0) is 22.6 Å². The number of rotatable bonds is 9. The number of benzene rings is 2. The van der Waals surface area contributed by atoms with E-state index in [1.165, 1.54) is 7.11 Å². The van der Waals surface area contributed by atoms with Gasteiger partial charge >= 0.3 is 5.97 Å². The molecule has 0 radical (unpaired) electrons. The molecule has 5 rings (SSSR count). The molecule has 1 aliphatic heterocycles. The second-order valence-electron chi connectivity index (χ2n) is 9.20. The first-order valence-corrected chi connectivity index (χ1v) is 13.3. The first kappa shape index (κ1) is 25.8. The molecule has 1 saturated heterocycles. The third kappa shape index (κ3) is 6.00. The van der Waals surface area contributed by atoms with E-state index in [-0.39, 0.29) is 23.2 Å². The van der Waals surface area contributed by atoms with Crippen LogP contribution < -0.4 is 10.1 Å². The van der Waals surface area contributed by atoms with Crippen LogP contribution in [0.2, 0.25) is 0 Å². The Hall–Kier alpha value is -3.82. The molecule has 1 aliphatic rings. The molecule has 38 heavy (non-hydrogen) atoms. The number of nitrogens with one attached hydrogen (secondary N) is 1. The largest absolute Gasteiger partial charge is 0.497 e. The summed E-state index contributed by atoms with van der Waals surface area (Å²) in [7, 11) is 3.03. The second-order valence-corrected chi connectivity index (χ2v) is 10.6. The maximum absolute atomic E-state index is 13.4. The average molecular weight is 531 g/mol. The summed E-state index contributed by atoms with van der Waals surface area (Å²) in [5.41, 5.74) is 3.21. The van der Waals surface area contributed by atoms with Crippen LogP contribution in [0.25, 0.3) is 5.65 Å². The Balaban J connectivity index is 1.29. The van der Waals surface area contributed by atoms with Crippen molar-refractivity contribution in [3.63, 3.8) is 0 Å². The standard InChI is InChI=1S/C29H30N4O4S/c1-36-23-10-12-24(13-11-23)38-25-15-26(28(34)30-16-22-18-32-14-4-3-5-27(32)31-22)33(19-25)17-20-6-8-21(9-7-20)29(35)37-2/h3-14,18,25-26H,15-17,19H2,1-2H3,(H,30,34)/t25-,26+/m1/s1. The van der Waals surface area contributed by atoms with Crippen molar-refractivity contribution in [2.24, 2.45) is 0 Å². The molecule has 1 amide bonds. The number of hydrogen-bond acceptors (Lipinski definition) is 7. The molecule has 9 heteroatoms. The number of hydrogen-bond donors (Lipinski definition) is 1. The van der Waals surface area contributed by atoms with Crippen molar-refractivity contribution in [2.75, 3.05) is 20.8 Å². The zero-order valence-electron chi connectivity index (χ0n) is 21.4. The molecular formula is C29H30N4O4S. The smallest absolute Gasteiger partial charge is 0.337 e. The fourth-order valence-corrected chi connectivity index (χ4v) is 5.93. The minimum Gasteiger partial charge on any atom is -0.497 e. The Morgan fingerprint density at radius 2 is 1.84 bits per heavy atom. The van der Waals surface area contributed by atoms with Crippen LogP contribution in [0.3, 0.4) is 0 Å². The number of amides is 1. The highest BCUT2D eigenvalue weighted by molar-refractivity contribution is 8.00. The van der Waals surface area contributed by atoms with Crippen LogP contribution in [0.4, 0.5) is 0 Å². The monoisotopic (exact) mass is 530 g/mol. The van der Waals surface area contributed by atoms with Crippen LogP contribution in [0.15, 0.2) is 84.0 Å². The summed E-state index contributed by atoms with van der Waals surface area (Å²) < 4.78 is 12.0. The van der Waals surface area contributed by atoms with Gasteiger partial charge in [-0.05, 0) is 60.5 Å². The lowest BCUT2D eigenvalue weighted by molar-refractivity contribution is -0.125. The van der Waals surface area contributed by atoms with Crippen molar-refractivity contribution in [3.8, 4) is 5.75 Å². The van der Waals surface area contributed by atoms with Gasteiger partial charge in [-0.2, -0.15) is 0 Å². The Labute approximate surface area is 226 Å². The molecule has 1 N–H and O–H groups in total. The van der Waals surface area contributed by atoms with Crippen molar-refractivity contribution in [2.45, 2.75) is 35.7 Å². The minimum atomic E-state index is -0.363. The zero-order valence-corrected chi connectivity index (χ0v) is 22.2. The fourth-order valence-electron chi connectivity index (χ4n) is 4.71. The first-order valence-electron chi connectivity index (χ1n) is 12.4. The van der Waals surface area contributed by atoms with Crippen LogP contribution in [0.1, 0.15) is 28.0 Å². The predicted octanol–water partition coefficient (Wildman–Crippen LogP) is 4.18. The van der Waals surface area contributed by atoms with E-state index in [0.29, 0.717) is 18.7 Å². The average Bonchev–Trinajstić information content (AvgIpc) is 3.55. The number of fused-ring (bicyclic) bond motifs is 1. The van der Waals surface area contributed by atoms with Crippen LogP contribution in [0, 0.1) is 0 Å². The molecule has 1 fully saturated rings. The summed E-state index contributed by atoms with van der Waals surface area (Å²) in [6.07, 6.45) is 4.61. The van der Waals surface area contributed by atoms with Crippen molar-refractivity contribution in [3.05, 3.63) is 95.9 Å². The quantitative estimate of drug-likeness (QED) is 0.325. The lowest BCUT2D eigenvalue weighted by atomic mass is 10.1. The van der Waals surface area contributed by atoms with E-state index in [0.717, 1.165) is 40.5 Å². The molecule has 0 unspecified atom stereocenters. The molecule has 8 nitrogen and oxygen atoms in total. The first-order chi connectivity index (χ1) is 18.5. The van der Waals surface area contributed by atoms with Gasteiger partial charge in [-0.1, -0.05) is 18.2 Å². The molecule has 2 aromatic heterocycles. The van der Waals surface area contributed by atoms with Gasteiger partial charge in [0.1, 0.15) is 11.4 Å². The number of pyridine rings is 1. The summed E-state index contributed by atoms with van der Waals surface area (Å²) in [5, 5.41) is 3.36. The van der Waals surface area contributed by atoms with Gasteiger partial charge < -0.3 is 19.2 Å². The van der Waals surface area contributed by atoms with E-state index in [1.807, 2.05) is 59.3 Å². The minimum absolute atomic E-state index is 0.00827. The SMILES string of the molecule is COC(=O)c1ccc(CN2C[C@H](Sc3ccc(OC)cc3)C[C@H]2C(=O)NCc2cn3ccccc3n2)cc1. The highest BCUT2D eigenvalue weighted by atomic mass is 32.2. The number of carbonyl (C=O) groups is 2. The second kappa shape index (κ2) is 11.7. The predicted molar refractivity (Wildman–Crippen MR) is 146 cm³/mol. The molecule has 0 bridgehead atoms. The summed E-state index contributed by atoms with van der Waals surface area (Å²) in [4.78, 5) is 33.2. The van der Waals surface area contributed by atoms with Gasteiger partial charge in [0, 0.05) is 35.6 Å². The van der Waals surface area contributed by atoms with E-state index in [4.69, 9.17) is 9.47 Å². The van der Waals surface area contributed by atoms with Gasteiger partial charge in [-0.3, -0.25) is 9.69 Å². The third-order valence-corrected chi connectivity index (χ3v) is 7.87. The molecule has 0 spiro atoms. The number of nitrogens with zero attached hydrogens (tertiary/aromatic N) is 3. The summed E-state index contributed by atoms with van der Waals surface area (Å²) >= 11 is 1.78. The van der Waals surface area contributed by atoms with Crippen molar-refractivity contribution in [1.29, 1.82) is 0 Å². The number of aromatic nitrogens is 2. The number of imidazole rings is 1. The summed E-state index contributed by atoms with van der Waals surface area (Å²) in [6, 6.07) is 20.9. The Morgan fingerprint density at radius 1 is 1.05 bits per heavy atom. The van der Waals surface area contributed by atoms with Crippen molar-refractivity contribution in [1.82, 2.24) is 19.6 Å². The zero-order chi connectivity index (χ0) is 26.5. The van der Waals surface area contributed by atoms with Crippen molar-refractivity contribution >= 4 is 29.3 Å². The normalized spacial score (nSPS) is 17.4. The number of ether oxygens (including phenoxy) is 2. The molecule has 0 aliphatic carbocycles. The van der Waals surface area contributed by atoms with E-state index >= 15 is 0 Å². The maximum atomic E-state index is 13.4. The van der Waals surface area contributed by atoms with Gasteiger partial charge in [0.25, 0.3) is 0 Å². The van der Waals surface area contributed by atoms with E-state index in [9.17, 15) is 9.59 Å². The number of methoxy groups -OCH3 is 2. The van der Waals surface area contributed by atoms with E-state index in [2.05, 4.69) is 27.3 Å². The molecule has 2 atom stereocenters. The van der Waals surface area contributed by atoms with Gasteiger partial charge in [0.05, 0.1) is 38.1 Å². The summed E-state index contributed by atoms with van der Waals surface area (Å²) in [6.45, 7) is 1.74. The Morgan fingerprint density at radius 3 is 2.55 bits per heavy atom. The van der Waals surface area contributed by atoms with Gasteiger partial charge in [-0.25, -0.2) is 9.78 Å². The Kier molecular flexibility index (Phi) is 7.95. The van der Waals surface area contributed by atoms with Crippen LogP contribution in [-0.4, -0.2) is 58.2 Å². The molecule has 4 aromatic rings. The topological polar surface area (TPSA) is 85.2 Å². The van der Waals surface area contributed by atoms with Gasteiger partial charge in [0.2, 0.25) is 5.91 Å². The van der Waals surface area contributed by atoms with Crippen LogP contribution in [0.5, 0.6) is 5.75 Å². The van der Waals surface area contributed by atoms with E-state index in [1.54, 1.807) is 31.0 Å². The highest BCUT2D eigenvalue weighted by Crippen LogP contribution is 2.34. The van der Waals surface area contributed by atoms with Crippen molar-refractivity contribution < 1.29 is 19.1 Å². The lowest BCUT2D eigenvalue weighted by Crippen LogP contribution is -2.42. The number of thioether (sulfide) groups is 1. The lowest BCUT2D eigenvalue weighted by Gasteiger charge is -2.23. The highest BCUT2D eigenvalue weighted by Gasteiger charge is 2.37. The van der Waals surface area contributed by atoms with Crippen LogP contribution >= 0.6 is 11.8 Å². The number of carbonyl (C=O) groups excluding carboxylic acids is 2. The molecule has 0 saturated carbocycles. The molecule has 3 heterocycles. The van der Waals surface area contributed by atoms with Gasteiger partial charge in [-0.15, -0.1) is 11.8 Å². The molecular weight excluding hydrogens is 500 g/mol. The summed E-state index contributed by atoms with van der Waals surface area (Å²) in [5.74, 6) is 0.450. The number of likely N-dealkylation sites (tertiary alicyclic amines) is 1. The molecule has 196 valence electrons. The third-order valence-electron chi connectivity index (χ3n) is 6.65. The number of esters is 1.